The summed E-state index contributed by atoms with van der Waals surface area (Å²) in [6.07, 6.45) is -4.78. The Hall–Kier alpha value is -2.94. The summed E-state index contributed by atoms with van der Waals surface area (Å²) in [5, 5.41) is 0.396. The van der Waals surface area contributed by atoms with Gasteiger partial charge >= 0.3 is 12.4 Å². The van der Waals surface area contributed by atoms with Gasteiger partial charge in [-0.05, 0) is 35.9 Å². The van der Waals surface area contributed by atoms with Gasteiger partial charge < -0.3 is 15.4 Å². The molecule has 0 saturated carbocycles. The van der Waals surface area contributed by atoms with E-state index in [9.17, 15) is 22.8 Å². The van der Waals surface area contributed by atoms with Gasteiger partial charge in [-0.25, -0.2) is 4.79 Å². The molecule has 1 heterocycles. The Labute approximate surface area is 163 Å². The van der Waals surface area contributed by atoms with Crippen molar-refractivity contribution in [3.63, 3.8) is 0 Å². The summed E-state index contributed by atoms with van der Waals surface area (Å²) in [5.41, 5.74) is 6.44. The third-order valence-electron chi connectivity index (χ3n) is 4.13. The van der Waals surface area contributed by atoms with Crippen molar-refractivity contribution >= 4 is 29.2 Å². The van der Waals surface area contributed by atoms with Crippen LogP contribution in [0.15, 0.2) is 48.5 Å². The summed E-state index contributed by atoms with van der Waals surface area (Å²) >= 11 is 5.97. The highest BCUT2D eigenvalue weighted by Gasteiger charge is 2.41. The number of carbonyl (C=O) groups is 2. The van der Waals surface area contributed by atoms with Gasteiger partial charge in [0.2, 0.25) is 5.91 Å². The fraction of sp³-hybridized carbons (Fsp3) is 0.222. The number of benzene rings is 2. The second-order valence-corrected chi connectivity index (χ2v) is 6.56. The van der Waals surface area contributed by atoms with E-state index in [4.69, 9.17) is 17.3 Å². The Morgan fingerprint density at radius 1 is 1.21 bits per heavy atom. The van der Waals surface area contributed by atoms with Crippen LogP contribution in [0.5, 0.6) is 5.75 Å². The second kappa shape index (κ2) is 7.59. The van der Waals surface area contributed by atoms with Crippen LogP contribution < -0.4 is 15.4 Å². The topological polar surface area (TPSA) is 75.9 Å². The zero-order chi connectivity index (χ0) is 20.5. The molecule has 1 atom stereocenters. The van der Waals surface area contributed by atoms with E-state index in [0.717, 1.165) is 12.1 Å². The van der Waals surface area contributed by atoms with E-state index in [2.05, 4.69) is 4.74 Å². The lowest BCUT2D eigenvalue weighted by Gasteiger charge is -2.21. The van der Waals surface area contributed by atoms with E-state index in [1.165, 1.54) is 21.9 Å². The van der Waals surface area contributed by atoms with E-state index in [-0.39, 0.29) is 18.8 Å². The molecule has 0 aromatic heterocycles. The molecule has 3 amide bonds. The second-order valence-electron chi connectivity index (χ2n) is 6.12. The highest BCUT2D eigenvalue weighted by molar-refractivity contribution is 6.31. The first-order chi connectivity index (χ1) is 13.1. The number of alkyl halides is 3. The van der Waals surface area contributed by atoms with Crippen LogP contribution in [0.3, 0.4) is 0 Å². The lowest BCUT2D eigenvalue weighted by atomic mass is 10.2. The molecule has 1 saturated heterocycles. The van der Waals surface area contributed by atoms with Crippen LogP contribution in [0.2, 0.25) is 5.02 Å². The summed E-state index contributed by atoms with van der Waals surface area (Å²) in [5.74, 6) is -1.04. The molecule has 6 nitrogen and oxygen atoms in total. The van der Waals surface area contributed by atoms with Gasteiger partial charge in [0.15, 0.2) is 0 Å². The van der Waals surface area contributed by atoms with Crippen molar-refractivity contribution in [2.75, 3.05) is 11.4 Å². The van der Waals surface area contributed by atoms with Crippen LogP contribution >= 0.6 is 11.6 Å². The Morgan fingerprint density at radius 2 is 1.89 bits per heavy atom. The number of amides is 3. The number of anilines is 1. The lowest BCUT2D eigenvalue weighted by molar-refractivity contribution is -0.274. The average Bonchev–Trinajstić information content (AvgIpc) is 2.92. The van der Waals surface area contributed by atoms with Crippen molar-refractivity contribution in [2.45, 2.75) is 18.9 Å². The SMILES string of the molecule is NC(=O)[C@H]1CN(Cc2ccc(OC(F)(F)F)cc2)C(=O)N1c1cccc(Cl)c1. The molecule has 148 valence electrons. The highest BCUT2D eigenvalue weighted by atomic mass is 35.5. The van der Waals surface area contributed by atoms with Gasteiger partial charge in [-0.15, -0.1) is 13.2 Å². The number of urea groups is 1. The minimum Gasteiger partial charge on any atom is -0.406 e. The van der Waals surface area contributed by atoms with Gasteiger partial charge in [0, 0.05) is 17.3 Å². The smallest absolute Gasteiger partial charge is 0.406 e. The zero-order valence-electron chi connectivity index (χ0n) is 14.3. The van der Waals surface area contributed by atoms with E-state index in [1.807, 2.05) is 0 Å². The Kier molecular flexibility index (Phi) is 5.37. The number of nitrogens with two attached hydrogens (primary N) is 1. The van der Waals surface area contributed by atoms with Crippen LogP contribution in [0.25, 0.3) is 0 Å². The van der Waals surface area contributed by atoms with E-state index < -0.39 is 24.3 Å². The molecule has 1 fully saturated rings. The standard InChI is InChI=1S/C18H15ClF3N3O3/c19-12-2-1-3-13(8-12)25-15(16(23)26)10-24(17(25)27)9-11-4-6-14(7-5-11)28-18(20,21)22/h1-8,15H,9-10H2,(H2,23,26)/t15-/m1/s1. The lowest BCUT2D eigenvalue weighted by Crippen LogP contribution is -2.43. The van der Waals surface area contributed by atoms with Crippen LogP contribution in [0, 0.1) is 0 Å². The Bertz CT molecular complexity index is 890. The minimum absolute atomic E-state index is 0.0431. The molecule has 10 heteroatoms. The van der Waals surface area contributed by atoms with Gasteiger partial charge in [-0.2, -0.15) is 0 Å². The van der Waals surface area contributed by atoms with Gasteiger partial charge in [-0.1, -0.05) is 29.8 Å². The molecule has 3 rings (SSSR count). The number of halogens is 4. The number of hydrogen-bond donors (Lipinski definition) is 1. The first kappa shape index (κ1) is 19.8. The maximum Gasteiger partial charge on any atom is 0.573 e. The maximum absolute atomic E-state index is 12.8. The molecule has 2 aromatic carbocycles. The van der Waals surface area contributed by atoms with Gasteiger partial charge in [-0.3, -0.25) is 9.69 Å². The number of rotatable bonds is 5. The molecule has 1 aliphatic heterocycles. The van der Waals surface area contributed by atoms with Gasteiger partial charge in [0.25, 0.3) is 0 Å². The maximum atomic E-state index is 12.8. The first-order valence-corrected chi connectivity index (χ1v) is 8.49. The fourth-order valence-corrected chi connectivity index (χ4v) is 3.12. The molecule has 0 spiro atoms. The molecule has 0 unspecified atom stereocenters. The Balaban J connectivity index is 1.78. The molecule has 1 aliphatic rings. The third kappa shape index (κ3) is 4.48. The first-order valence-electron chi connectivity index (χ1n) is 8.12. The van der Waals surface area contributed by atoms with E-state index >= 15 is 0 Å². The summed E-state index contributed by atoms with van der Waals surface area (Å²) in [7, 11) is 0. The molecule has 2 N–H and O–H groups in total. The van der Waals surface area contributed by atoms with Crippen molar-refractivity contribution < 1.29 is 27.5 Å². The fourth-order valence-electron chi connectivity index (χ4n) is 2.94. The van der Waals surface area contributed by atoms with Crippen LogP contribution in [-0.4, -0.2) is 35.8 Å². The van der Waals surface area contributed by atoms with Crippen molar-refractivity contribution in [2.24, 2.45) is 5.73 Å². The van der Waals surface area contributed by atoms with Crippen molar-refractivity contribution in [3.05, 3.63) is 59.1 Å². The number of hydrogen-bond acceptors (Lipinski definition) is 3. The van der Waals surface area contributed by atoms with Crippen LogP contribution in [-0.2, 0) is 11.3 Å². The third-order valence-corrected chi connectivity index (χ3v) is 4.36. The molecule has 0 radical (unpaired) electrons. The molecular formula is C18H15ClF3N3O3. The van der Waals surface area contributed by atoms with Gasteiger partial charge in [0.1, 0.15) is 11.8 Å². The van der Waals surface area contributed by atoms with E-state index in [1.54, 1.807) is 24.3 Å². The average molecular weight is 414 g/mol. The van der Waals surface area contributed by atoms with Crippen molar-refractivity contribution in [1.29, 1.82) is 0 Å². The molecule has 28 heavy (non-hydrogen) atoms. The van der Waals surface area contributed by atoms with Crippen LogP contribution in [0.1, 0.15) is 5.56 Å². The summed E-state index contributed by atoms with van der Waals surface area (Å²) in [4.78, 5) is 27.3. The minimum atomic E-state index is -4.78. The van der Waals surface area contributed by atoms with Crippen LogP contribution in [0.4, 0.5) is 23.7 Å². The predicted molar refractivity (Wildman–Crippen MR) is 95.8 cm³/mol. The van der Waals surface area contributed by atoms with Gasteiger partial charge in [0.05, 0.1) is 6.54 Å². The number of carbonyl (C=O) groups excluding carboxylic acids is 2. The molecule has 0 bridgehead atoms. The monoisotopic (exact) mass is 413 g/mol. The Morgan fingerprint density at radius 3 is 2.46 bits per heavy atom. The van der Waals surface area contributed by atoms with Crippen molar-refractivity contribution in [1.82, 2.24) is 4.90 Å². The summed E-state index contributed by atoms with van der Waals surface area (Å²) in [6, 6.07) is 10.2. The number of ether oxygens (including phenoxy) is 1. The summed E-state index contributed by atoms with van der Waals surface area (Å²) in [6.45, 7) is 0.132. The highest BCUT2D eigenvalue weighted by Crippen LogP contribution is 2.29. The molecule has 0 aliphatic carbocycles. The summed E-state index contributed by atoms with van der Waals surface area (Å²) < 4.78 is 40.5. The number of nitrogens with zero attached hydrogens (tertiary/aromatic N) is 2. The largest absolute Gasteiger partial charge is 0.573 e. The zero-order valence-corrected chi connectivity index (χ0v) is 15.1. The molecular weight excluding hydrogens is 399 g/mol. The normalized spacial score (nSPS) is 17.1. The van der Waals surface area contributed by atoms with E-state index in [0.29, 0.717) is 16.3 Å². The van der Waals surface area contributed by atoms with Crippen molar-refractivity contribution in [3.8, 4) is 5.75 Å². The molecule has 2 aromatic rings. The number of primary amides is 1. The quantitative estimate of drug-likeness (QED) is 0.814. The predicted octanol–water partition coefficient (Wildman–Crippen LogP) is 3.53.